The molecule has 1 N–H and O–H groups in total. The van der Waals surface area contributed by atoms with E-state index in [9.17, 15) is 9.18 Å². The summed E-state index contributed by atoms with van der Waals surface area (Å²) in [6.45, 7) is 6.85. The minimum absolute atomic E-state index is 0.0405. The Morgan fingerprint density at radius 2 is 1.93 bits per heavy atom. The lowest BCUT2D eigenvalue weighted by Crippen LogP contribution is -2.47. The number of benzene rings is 1. The third-order valence-corrected chi connectivity index (χ3v) is 6.20. The van der Waals surface area contributed by atoms with E-state index in [2.05, 4.69) is 15.1 Å². The van der Waals surface area contributed by atoms with Crippen molar-refractivity contribution in [1.29, 1.82) is 5.26 Å². The highest BCUT2D eigenvalue weighted by Crippen LogP contribution is 2.27. The number of nitriles is 1. The van der Waals surface area contributed by atoms with Crippen molar-refractivity contribution in [3.05, 3.63) is 29.6 Å². The van der Waals surface area contributed by atoms with Gasteiger partial charge in [0.15, 0.2) is 0 Å². The fraction of sp³-hybridized carbons (Fsp3) is 0.636. The molecule has 2 aliphatic rings. The zero-order chi connectivity index (χ0) is 19.9. The summed E-state index contributed by atoms with van der Waals surface area (Å²) in [5.74, 6) is 0.463. The van der Waals surface area contributed by atoms with E-state index >= 15 is 0 Å². The highest BCUT2D eigenvalue weighted by atomic mass is 19.1. The molecule has 0 unspecified atom stereocenters. The van der Waals surface area contributed by atoms with Gasteiger partial charge in [0.1, 0.15) is 12.2 Å². The van der Waals surface area contributed by atoms with Gasteiger partial charge in [0, 0.05) is 37.9 Å². The molecule has 6 heteroatoms. The van der Waals surface area contributed by atoms with E-state index in [1.165, 1.54) is 6.42 Å². The lowest BCUT2D eigenvalue weighted by molar-refractivity contribution is -0.121. The van der Waals surface area contributed by atoms with Crippen molar-refractivity contribution in [2.45, 2.75) is 51.5 Å². The standard InChI is InChI=1S/C22H31FN4O/c1-17-2-7-20(16-21(17)23)27-14-12-26(13-15-27)11-9-18-3-5-19(6-4-18)25-22(28)8-10-24/h2,7,16,18-19H,3-6,8-9,11-15H2,1H3,(H,25,28). The summed E-state index contributed by atoms with van der Waals surface area (Å²) in [6, 6.07) is 7.67. The summed E-state index contributed by atoms with van der Waals surface area (Å²) >= 11 is 0. The van der Waals surface area contributed by atoms with Crippen molar-refractivity contribution in [3.63, 3.8) is 0 Å². The fourth-order valence-corrected chi connectivity index (χ4v) is 4.32. The van der Waals surface area contributed by atoms with Crippen LogP contribution in [0.4, 0.5) is 10.1 Å². The van der Waals surface area contributed by atoms with Crippen LogP contribution in [0.25, 0.3) is 0 Å². The predicted octanol–water partition coefficient (Wildman–Crippen LogP) is 3.23. The van der Waals surface area contributed by atoms with Gasteiger partial charge in [-0.25, -0.2) is 4.39 Å². The smallest absolute Gasteiger partial charge is 0.234 e. The molecule has 5 nitrogen and oxygen atoms in total. The summed E-state index contributed by atoms with van der Waals surface area (Å²) in [4.78, 5) is 16.3. The summed E-state index contributed by atoms with van der Waals surface area (Å²) in [6.07, 6.45) is 5.52. The molecule has 152 valence electrons. The molecule has 0 radical (unpaired) electrons. The Morgan fingerprint density at radius 3 is 2.57 bits per heavy atom. The Kier molecular flexibility index (Phi) is 7.27. The number of nitrogens with one attached hydrogen (secondary N) is 1. The number of nitrogens with zero attached hydrogens (tertiary/aromatic N) is 3. The molecule has 1 saturated carbocycles. The van der Waals surface area contributed by atoms with Gasteiger partial charge < -0.3 is 10.2 Å². The fourth-order valence-electron chi connectivity index (χ4n) is 4.32. The van der Waals surface area contributed by atoms with Gasteiger partial charge in [0.2, 0.25) is 5.91 Å². The second-order valence-corrected chi connectivity index (χ2v) is 8.17. The molecular weight excluding hydrogens is 355 g/mol. The molecule has 1 aromatic rings. The Bertz CT molecular complexity index is 701. The number of amides is 1. The van der Waals surface area contributed by atoms with Gasteiger partial charge in [-0.1, -0.05) is 6.07 Å². The average Bonchev–Trinajstić information content (AvgIpc) is 2.70. The van der Waals surface area contributed by atoms with Crippen LogP contribution in [0.5, 0.6) is 0 Å². The van der Waals surface area contributed by atoms with Crippen molar-refractivity contribution in [1.82, 2.24) is 10.2 Å². The number of piperazine rings is 1. The van der Waals surface area contributed by atoms with Gasteiger partial charge >= 0.3 is 0 Å². The van der Waals surface area contributed by atoms with Gasteiger partial charge in [0.25, 0.3) is 0 Å². The van der Waals surface area contributed by atoms with Crippen molar-refractivity contribution in [2.75, 3.05) is 37.6 Å². The maximum absolute atomic E-state index is 13.8. The third kappa shape index (κ3) is 5.68. The maximum Gasteiger partial charge on any atom is 0.234 e. The molecule has 3 rings (SSSR count). The van der Waals surface area contributed by atoms with Crippen LogP contribution < -0.4 is 10.2 Å². The van der Waals surface area contributed by atoms with Crippen LogP contribution in [-0.2, 0) is 4.79 Å². The summed E-state index contributed by atoms with van der Waals surface area (Å²) < 4.78 is 13.8. The number of rotatable bonds is 6. The molecule has 1 aliphatic carbocycles. The lowest BCUT2D eigenvalue weighted by Gasteiger charge is -2.37. The molecule has 0 atom stereocenters. The zero-order valence-corrected chi connectivity index (χ0v) is 16.8. The Morgan fingerprint density at radius 1 is 1.21 bits per heavy atom. The lowest BCUT2D eigenvalue weighted by atomic mass is 9.84. The van der Waals surface area contributed by atoms with Crippen LogP contribution >= 0.6 is 0 Å². The predicted molar refractivity (Wildman–Crippen MR) is 109 cm³/mol. The summed E-state index contributed by atoms with van der Waals surface area (Å²) in [5.41, 5.74) is 1.68. The first-order valence-corrected chi connectivity index (χ1v) is 10.4. The van der Waals surface area contributed by atoms with Crippen LogP contribution in [-0.4, -0.2) is 49.6 Å². The number of hydrogen-bond donors (Lipinski definition) is 1. The number of aryl methyl sites for hydroxylation is 1. The Labute approximate surface area is 167 Å². The molecular formula is C22H31FN4O. The van der Waals surface area contributed by atoms with Crippen LogP contribution in [0.3, 0.4) is 0 Å². The van der Waals surface area contributed by atoms with E-state index < -0.39 is 0 Å². The topological polar surface area (TPSA) is 59.4 Å². The first-order chi connectivity index (χ1) is 13.5. The number of carbonyl (C=O) groups is 1. The Hall–Kier alpha value is -2.13. The average molecular weight is 387 g/mol. The number of anilines is 1. The van der Waals surface area contributed by atoms with Gasteiger partial charge in [-0.15, -0.1) is 0 Å². The molecule has 1 heterocycles. The first kappa shape index (κ1) is 20.6. The molecule has 0 spiro atoms. The van der Waals surface area contributed by atoms with Crippen LogP contribution in [0.2, 0.25) is 0 Å². The minimum Gasteiger partial charge on any atom is -0.369 e. The molecule has 1 amide bonds. The quantitative estimate of drug-likeness (QED) is 0.815. The van der Waals surface area contributed by atoms with Crippen molar-refractivity contribution in [2.24, 2.45) is 5.92 Å². The third-order valence-electron chi connectivity index (χ3n) is 6.20. The highest BCUT2D eigenvalue weighted by Gasteiger charge is 2.24. The van der Waals surface area contributed by atoms with Crippen molar-refractivity contribution < 1.29 is 9.18 Å². The highest BCUT2D eigenvalue weighted by molar-refractivity contribution is 5.78. The number of hydrogen-bond acceptors (Lipinski definition) is 4. The summed E-state index contributed by atoms with van der Waals surface area (Å²) in [5, 5.41) is 11.5. The Balaban J connectivity index is 1.34. The minimum atomic E-state index is -0.141. The van der Waals surface area contributed by atoms with E-state index in [1.807, 2.05) is 18.2 Å². The van der Waals surface area contributed by atoms with Crippen molar-refractivity contribution >= 4 is 11.6 Å². The van der Waals surface area contributed by atoms with Gasteiger partial charge in [-0.05, 0) is 69.2 Å². The SMILES string of the molecule is Cc1ccc(N2CCN(CCC3CCC(NC(=O)CC#N)CC3)CC2)cc1F. The monoisotopic (exact) mass is 386 g/mol. The molecule has 0 aromatic heterocycles. The second-order valence-electron chi connectivity index (χ2n) is 8.17. The van der Waals surface area contributed by atoms with E-state index in [0.717, 1.165) is 70.0 Å². The van der Waals surface area contributed by atoms with Gasteiger partial charge in [0.05, 0.1) is 6.07 Å². The van der Waals surface area contributed by atoms with Crippen LogP contribution in [0, 0.1) is 30.0 Å². The molecule has 0 bridgehead atoms. The number of halogens is 1. The molecule has 2 fully saturated rings. The molecule has 1 aliphatic heterocycles. The van der Waals surface area contributed by atoms with Gasteiger partial charge in [-0.2, -0.15) is 5.26 Å². The van der Waals surface area contributed by atoms with E-state index in [1.54, 1.807) is 13.0 Å². The maximum atomic E-state index is 13.8. The van der Waals surface area contributed by atoms with Crippen LogP contribution in [0.15, 0.2) is 18.2 Å². The van der Waals surface area contributed by atoms with Crippen molar-refractivity contribution in [3.8, 4) is 6.07 Å². The van der Waals surface area contributed by atoms with Gasteiger partial charge in [-0.3, -0.25) is 9.69 Å². The summed E-state index contributed by atoms with van der Waals surface area (Å²) in [7, 11) is 0. The first-order valence-electron chi connectivity index (χ1n) is 10.4. The largest absolute Gasteiger partial charge is 0.369 e. The van der Waals surface area contributed by atoms with Crippen LogP contribution in [0.1, 0.15) is 44.1 Å². The van der Waals surface area contributed by atoms with E-state index in [-0.39, 0.29) is 24.2 Å². The van der Waals surface area contributed by atoms with E-state index in [4.69, 9.17) is 5.26 Å². The normalized spacial score (nSPS) is 23.2. The second kappa shape index (κ2) is 9.88. The molecule has 1 saturated heterocycles. The van der Waals surface area contributed by atoms with E-state index in [0.29, 0.717) is 5.56 Å². The number of carbonyl (C=O) groups excluding carboxylic acids is 1. The molecule has 28 heavy (non-hydrogen) atoms. The molecule has 1 aromatic carbocycles. The zero-order valence-electron chi connectivity index (χ0n) is 16.8.